The lowest BCUT2D eigenvalue weighted by Gasteiger charge is -2.11. The molecule has 176 valence electrons. The summed E-state index contributed by atoms with van der Waals surface area (Å²) >= 11 is 0. The Bertz CT molecular complexity index is 1760. The van der Waals surface area contributed by atoms with Crippen LogP contribution in [-0.4, -0.2) is 45.6 Å². The summed E-state index contributed by atoms with van der Waals surface area (Å²) in [5.41, 5.74) is 6.07. The Morgan fingerprint density at radius 1 is 0.944 bits per heavy atom. The molecule has 7 rings (SSSR count). The number of aryl methyl sites for hydroxylation is 1. The third-order valence-corrected chi connectivity index (χ3v) is 6.36. The number of pyridine rings is 4. The Morgan fingerprint density at radius 2 is 1.86 bits per heavy atom. The Kier molecular flexibility index (Phi) is 4.61. The fraction of sp³-hybridized carbons (Fsp3) is 0.154. The summed E-state index contributed by atoms with van der Waals surface area (Å²) in [5.74, 6) is 1.20. The molecule has 6 aromatic rings. The molecular formula is C26H20FN9. The van der Waals surface area contributed by atoms with E-state index in [-0.39, 0.29) is 5.82 Å². The van der Waals surface area contributed by atoms with Crippen molar-refractivity contribution >= 4 is 16.7 Å². The van der Waals surface area contributed by atoms with E-state index in [9.17, 15) is 4.39 Å². The second kappa shape index (κ2) is 7.99. The highest BCUT2D eigenvalue weighted by molar-refractivity contribution is 5.85. The smallest absolute Gasteiger partial charge is 0.183 e. The van der Waals surface area contributed by atoms with E-state index in [0.29, 0.717) is 35.1 Å². The van der Waals surface area contributed by atoms with Gasteiger partial charge < -0.3 is 5.32 Å². The van der Waals surface area contributed by atoms with Gasteiger partial charge in [-0.05, 0) is 49.4 Å². The van der Waals surface area contributed by atoms with E-state index >= 15 is 0 Å². The van der Waals surface area contributed by atoms with Gasteiger partial charge in [0.1, 0.15) is 28.7 Å². The van der Waals surface area contributed by atoms with Crippen LogP contribution < -0.4 is 5.32 Å². The van der Waals surface area contributed by atoms with Crippen molar-refractivity contribution in [1.82, 2.24) is 44.4 Å². The number of rotatable bonds is 3. The standard InChI is InChI=1S/C26H20FN9/c1-15-17(27)5-6-19(30-15)24-25(35-10-3-2-4-22(35)32-24)20-8-7-18-21(31-20)12-16(13-29-18)26-33-23-14-28-9-11-36(23)34-26/h2-8,10,12-13,28H,9,11,14H2,1H3. The molecule has 1 N–H and O–H groups in total. The first-order valence-electron chi connectivity index (χ1n) is 11.7. The molecule has 10 heteroatoms. The van der Waals surface area contributed by atoms with Crippen molar-refractivity contribution in [3.05, 3.63) is 78.3 Å². The van der Waals surface area contributed by atoms with Crippen LogP contribution in [0, 0.1) is 12.7 Å². The molecule has 1 aliphatic heterocycles. The minimum Gasteiger partial charge on any atom is -0.308 e. The Balaban J connectivity index is 1.39. The van der Waals surface area contributed by atoms with Crippen LogP contribution in [0.15, 0.2) is 60.9 Å². The average molecular weight is 478 g/mol. The largest absolute Gasteiger partial charge is 0.308 e. The molecule has 6 aromatic heterocycles. The fourth-order valence-corrected chi connectivity index (χ4v) is 4.55. The number of hydrogen-bond donors (Lipinski definition) is 1. The molecule has 36 heavy (non-hydrogen) atoms. The van der Waals surface area contributed by atoms with Crippen LogP contribution in [0.1, 0.15) is 11.5 Å². The van der Waals surface area contributed by atoms with Gasteiger partial charge in [-0.15, -0.1) is 0 Å². The third-order valence-electron chi connectivity index (χ3n) is 6.36. The van der Waals surface area contributed by atoms with E-state index in [2.05, 4.69) is 25.4 Å². The van der Waals surface area contributed by atoms with Gasteiger partial charge in [0.2, 0.25) is 0 Å². The maximum Gasteiger partial charge on any atom is 0.183 e. The van der Waals surface area contributed by atoms with Gasteiger partial charge in [0.15, 0.2) is 5.82 Å². The number of hydrogen-bond acceptors (Lipinski definition) is 7. The van der Waals surface area contributed by atoms with Gasteiger partial charge in [-0.2, -0.15) is 5.10 Å². The predicted molar refractivity (Wildman–Crippen MR) is 132 cm³/mol. The highest BCUT2D eigenvalue weighted by Crippen LogP contribution is 2.32. The lowest BCUT2D eigenvalue weighted by atomic mass is 10.1. The van der Waals surface area contributed by atoms with E-state index in [1.807, 2.05) is 51.7 Å². The molecule has 1 aliphatic rings. The molecule has 0 bridgehead atoms. The van der Waals surface area contributed by atoms with E-state index in [0.717, 1.165) is 46.9 Å². The zero-order valence-electron chi connectivity index (χ0n) is 19.4. The summed E-state index contributed by atoms with van der Waals surface area (Å²) < 4.78 is 17.9. The van der Waals surface area contributed by atoms with Crippen LogP contribution in [0.25, 0.3) is 50.8 Å². The molecule has 0 aliphatic carbocycles. The SMILES string of the molecule is Cc1nc(-c2nc3ccccn3c2-c2ccc3ncc(-c4nc5n(n4)CCNC5)cc3n2)ccc1F. The normalized spacial score (nSPS) is 13.4. The van der Waals surface area contributed by atoms with Crippen molar-refractivity contribution in [3.8, 4) is 34.2 Å². The maximum absolute atomic E-state index is 13.9. The maximum atomic E-state index is 13.9. The first kappa shape index (κ1) is 20.8. The summed E-state index contributed by atoms with van der Waals surface area (Å²) in [6.07, 6.45) is 3.72. The first-order valence-corrected chi connectivity index (χ1v) is 11.7. The van der Waals surface area contributed by atoms with Crippen molar-refractivity contribution < 1.29 is 4.39 Å². The lowest BCUT2D eigenvalue weighted by Crippen LogP contribution is -2.28. The van der Waals surface area contributed by atoms with Gasteiger partial charge >= 0.3 is 0 Å². The molecule has 7 heterocycles. The molecular weight excluding hydrogens is 457 g/mol. The zero-order chi connectivity index (χ0) is 24.2. The molecule has 0 saturated heterocycles. The Morgan fingerprint density at radius 3 is 2.75 bits per heavy atom. The highest BCUT2D eigenvalue weighted by atomic mass is 19.1. The zero-order valence-corrected chi connectivity index (χ0v) is 19.4. The topological polar surface area (TPSA) is 98.7 Å². The van der Waals surface area contributed by atoms with Gasteiger partial charge in [-0.3, -0.25) is 9.38 Å². The summed E-state index contributed by atoms with van der Waals surface area (Å²) in [6.45, 7) is 4.01. The van der Waals surface area contributed by atoms with Crippen LogP contribution >= 0.6 is 0 Å². The molecule has 0 spiro atoms. The van der Waals surface area contributed by atoms with Crippen molar-refractivity contribution in [2.45, 2.75) is 20.0 Å². The van der Waals surface area contributed by atoms with Crippen LogP contribution in [0.2, 0.25) is 0 Å². The minimum absolute atomic E-state index is 0.321. The van der Waals surface area contributed by atoms with Crippen molar-refractivity contribution in [3.63, 3.8) is 0 Å². The van der Waals surface area contributed by atoms with E-state index in [1.54, 1.807) is 19.2 Å². The minimum atomic E-state index is -0.350. The molecule has 0 unspecified atom stereocenters. The number of halogens is 1. The molecule has 9 nitrogen and oxygen atoms in total. The number of nitrogens with zero attached hydrogens (tertiary/aromatic N) is 8. The lowest BCUT2D eigenvalue weighted by molar-refractivity contribution is 0.469. The molecule has 0 saturated carbocycles. The van der Waals surface area contributed by atoms with Crippen LogP contribution in [0.4, 0.5) is 4.39 Å². The fourth-order valence-electron chi connectivity index (χ4n) is 4.55. The number of imidazole rings is 1. The summed E-state index contributed by atoms with van der Waals surface area (Å²) in [6, 6.07) is 14.7. The monoisotopic (exact) mass is 477 g/mol. The third kappa shape index (κ3) is 3.34. The Labute approximate surface area is 204 Å². The number of aromatic nitrogens is 8. The van der Waals surface area contributed by atoms with Crippen molar-refractivity contribution in [1.29, 1.82) is 0 Å². The van der Waals surface area contributed by atoms with E-state index in [4.69, 9.17) is 9.97 Å². The van der Waals surface area contributed by atoms with E-state index in [1.165, 1.54) is 6.07 Å². The summed E-state index contributed by atoms with van der Waals surface area (Å²) in [7, 11) is 0. The van der Waals surface area contributed by atoms with Gasteiger partial charge in [-0.1, -0.05) is 6.07 Å². The molecule has 0 amide bonds. The van der Waals surface area contributed by atoms with Crippen LogP contribution in [-0.2, 0) is 13.1 Å². The molecule has 0 fully saturated rings. The van der Waals surface area contributed by atoms with Gasteiger partial charge in [0.25, 0.3) is 0 Å². The molecule has 0 radical (unpaired) electrons. The summed E-state index contributed by atoms with van der Waals surface area (Å²) in [4.78, 5) is 23.5. The Hall–Kier alpha value is -4.57. The van der Waals surface area contributed by atoms with Gasteiger partial charge in [0.05, 0.1) is 41.2 Å². The first-order chi connectivity index (χ1) is 17.6. The second-order valence-electron chi connectivity index (χ2n) is 8.71. The van der Waals surface area contributed by atoms with Crippen molar-refractivity contribution in [2.75, 3.05) is 6.54 Å². The van der Waals surface area contributed by atoms with Gasteiger partial charge in [-0.25, -0.2) is 29.0 Å². The van der Waals surface area contributed by atoms with Crippen LogP contribution in [0.3, 0.4) is 0 Å². The quantitative estimate of drug-likeness (QED) is 0.414. The summed E-state index contributed by atoms with van der Waals surface area (Å²) in [5, 5.41) is 7.97. The van der Waals surface area contributed by atoms with Crippen LogP contribution in [0.5, 0.6) is 0 Å². The van der Waals surface area contributed by atoms with E-state index < -0.39 is 0 Å². The average Bonchev–Trinajstić information content (AvgIpc) is 3.52. The van der Waals surface area contributed by atoms with Crippen molar-refractivity contribution in [2.24, 2.45) is 0 Å². The predicted octanol–water partition coefficient (Wildman–Crippen LogP) is 3.82. The molecule has 0 aromatic carbocycles. The second-order valence-corrected chi connectivity index (χ2v) is 8.71. The number of fused-ring (bicyclic) bond motifs is 3. The molecule has 0 atom stereocenters. The number of nitrogens with one attached hydrogen (secondary N) is 1. The van der Waals surface area contributed by atoms with Gasteiger partial charge in [0, 0.05) is 24.5 Å². The highest BCUT2D eigenvalue weighted by Gasteiger charge is 2.20.